The number of rotatable bonds is 47. The normalized spacial score (nSPS) is 20.2. The number of aliphatic hydroxyl groups excluding tert-OH is 1. The topological polar surface area (TPSA) is 700 Å². The molecule has 3 aliphatic heterocycles. The van der Waals surface area contributed by atoms with Crippen molar-refractivity contribution in [1.29, 1.82) is 0 Å². The van der Waals surface area contributed by atoms with Gasteiger partial charge in [-0.25, -0.2) is 9.97 Å². The van der Waals surface area contributed by atoms with Gasteiger partial charge >= 0.3 is 5.97 Å². The van der Waals surface area contributed by atoms with E-state index in [2.05, 4.69) is 93.5 Å². The van der Waals surface area contributed by atoms with Crippen molar-refractivity contribution in [2.75, 3.05) is 39.9 Å². The number of aliphatic hydroxyl groups is 2. The number of ketones is 2. The Bertz CT molecular complexity index is 6010. The molecule has 0 spiro atoms. The SMILES string of the molecule is CCCC(=O)NCCCC[C@H](NC(=O)[C@H](Cc1c[nH]c2ccccc12)NC(=O)[C@H](Cc1cnc[nH]1)NC(=O)[C@@H]1CCC(=O)N1)C(=O)N[C@@H](Cc1cnc[nH]1)C(=O)N[C@@H](CC(=O)O)C(=O)N[C@@H](Cc1c[nH]c2ccccc12)C(=O)N[C@@H](CCCCNC(=O)CO/N=C(\C)[C@]1(O)Cc2c(O)c3c(c(O)c2[C@@H](O[C@H]2C[C@H](N)[C@H](O)[C@H](C)O2)C1)C(=O)c1c(OC)cccc1C3=O)C(=O)N1CCC[C@H]1C(=O)NCC(N)=O. The molecule has 2 aliphatic carbocycles. The third-order valence-corrected chi connectivity index (χ3v) is 25.7. The Morgan fingerprint density at radius 2 is 1.20 bits per heavy atom. The van der Waals surface area contributed by atoms with Gasteiger partial charge in [0.1, 0.15) is 77.2 Å². The number of fused-ring (bicyclic) bond motifs is 5. The Morgan fingerprint density at radius 1 is 0.645 bits per heavy atom. The van der Waals surface area contributed by atoms with Crippen molar-refractivity contribution in [1.82, 2.24) is 93.3 Å². The van der Waals surface area contributed by atoms with E-state index in [4.69, 9.17) is 30.5 Å². The summed E-state index contributed by atoms with van der Waals surface area (Å²) in [5.74, 6) is -15.6. The second-order valence-electron chi connectivity index (χ2n) is 35.7. The number of aliphatic carboxylic acids is 1. The molecule has 4 aromatic carbocycles. The highest BCUT2D eigenvalue weighted by Gasteiger charge is 2.51. The van der Waals surface area contributed by atoms with E-state index in [0.717, 1.165) is 0 Å². The van der Waals surface area contributed by atoms with Crippen molar-refractivity contribution in [3.63, 3.8) is 0 Å². The van der Waals surface area contributed by atoms with Crippen LogP contribution in [0, 0.1) is 0 Å². The van der Waals surface area contributed by atoms with E-state index in [1.807, 2.05) is 6.92 Å². The van der Waals surface area contributed by atoms with E-state index in [0.29, 0.717) is 45.0 Å². The number of amides is 13. The standard InChI is InChI=1S/C95H117N21O25/c1-5-16-72(118)100-28-12-10-22-60(108-88(130)63(31-49-39-102-58-20-8-6-17-53(49)58)110-90(132)65(33-51-41-98-45-105-51)113-87(129)61-26-27-73(119)107-61)86(128)112-66(34-52-42-99-46-106-52)91(133)114-67(36-75(121)122)92(134)111-64(32-50-40-103-59-21-9-7-18-54(50)59)89(131)109-62(94(136)116-30-15-24-68(116)93(135)104-43-71(97)117)23-11-13-29-101-74(120)44-139-115-48(3)95(137)37-56-78(70(38-95)141-76-35-57(96)81(123)47(2)140-76)85(127)80-79(83(56)125)82(124)55-19-14-25-69(138-4)77(55)84(80)126/h6-9,14,17-21,25,39-42,45-47,57,60-68,70,76,81,102-103,123,125,127,137H,5,10-13,15-16,22-24,26-38,43-44,96H2,1-4H3,(H2,97,117)(H,98,105)(H,99,106)(H,100,118)(H,101,120)(H,104,135)(H,107,119)(H,108,130)(H,109,131)(H,110,132)(H,111,134)(H,112,128)(H,113,129)(H,114,133)(H,121,122)/b115-48+/t47-,57-,60-,61-,62-,63-,64-,65-,66-,67-,68-,70-,76-,81+,95-/m0/s1. The molecule has 13 rings (SSSR count). The summed E-state index contributed by atoms with van der Waals surface area (Å²) in [6, 6.07) is 3.63. The lowest BCUT2D eigenvalue weighted by Gasteiger charge is -2.42. The summed E-state index contributed by atoms with van der Waals surface area (Å²) < 4.78 is 17.8. The molecular formula is C95H117N21O25. The number of benzene rings is 4. The van der Waals surface area contributed by atoms with Crippen LogP contribution in [0.5, 0.6) is 17.2 Å². The third kappa shape index (κ3) is 25.5. The first-order valence-corrected chi connectivity index (χ1v) is 46.7. The number of ether oxygens (including phenoxy) is 3. The monoisotopic (exact) mass is 1950 g/mol. The third-order valence-electron chi connectivity index (χ3n) is 25.7. The number of nitrogens with zero attached hydrogens (tertiary/aromatic N) is 4. The number of carbonyl (C=O) groups excluding carboxylic acids is 15. The van der Waals surface area contributed by atoms with Crippen molar-refractivity contribution in [3.05, 3.63) is 160 Å². The van der Waals surface area contributed by atoms with Gasteiger partial charge in [0, 0.05) is 158 Å². The highest BCUT2D eigenvalue weighted by molar-refractivity contribution is 6.31. The van der Waals surface area contributed by atoms with Gasteiger partial charge in [-0.05, 0) is 107 Å². The van der Waals surface area contributed by atoms with Crippen LogP contribution in [0.1, 0.15) is 189 Å². The largest absolute Gasteiger partial charge is 0.507 e. The Morgan fingerprint density at radius 3 is 1.77 bits per heavy atom. The van der Waals surface area contributed by atoms with Gasteiger partial charge in [-0.2, -0.15) is 0 Å². The maximum Gasteiger partial charge on any atom is 0.305 e. The molecule has 0 saturated carbocycles. The van der Waals surface area contributed by atoms with Gasteiger partial charge in [-0.1, -0.05) is 60.6 Å². The predicted molar refractivity (Wildman–Crippen MR) is 500 cm³/mol. The number of carboxylic acid groups (broad SMARTS) is 1. The maximum atomic E-state index is 15.5. The summed E-state index contributed by atoms with van der Waals surface area (Å²) in [4.78, 5) is 253. The molecule has 0 radical (unpaired) electrons. The van der Waals surface area contributed by atoms with Crippen LogP contribution in [-0.2, 0) is 114 Å². The van der Waals surface area contributed by atoms with Crippen molar-refractivity contribution >= 4 is 122 Å². The summed E-state index contributed by atoms with van der Waals surface area (Å²) in [7, 11) is 1.29. The lowest BCUT2D eigenvalue weighted by molar-refractivity contribution is -0.245. The van der Waals surface area contributed by atoms with E-state index in [9.17, 15) is 73.5 Å². The number of para-hydroxylation sites is 2. The minimum atomic E-state index is -2.16. The first-order valence-electron chi connectivity index (χ1n) is 46.7. The average molecular weight is 1950 g/mol. The van der Waals surface area contributed by atoms with Gasteiger partial charge in [-0.15, -0.1) is 0 Å². The number of aromatic amines is 4. The van der Waals surface area contributed by atoms with Crippen LogP contribution in [0.4, 0.5) is 0 Å². The van der Waals surface area contributed by atoms with Gasteiger partial charge in [0.05, 0.1) is 73.4 Å². The number of carboxylic acids is 1. The number of unbranched alkanes of at least 4 members (excludes halogenated alkanes) is 2. The summed E-state index contributed by atoms with van der Waals surface area (Å²) in [6.45, 7) is 3.37. The molecule has 24 N–H and O–H groups in total. The molecule has 46 nitrogen and oxygen atoms in total. The van der Waals surface area contributed by atoms with E-state index in [1.54, 1.807) is 67.8 Å². The highest BCUT2D eigenvalue weighted by Crippen LogP contribution is 2.53. The Hall–Kier alpha value is -15.0. The minimum Gasteiger partial charge on any atom is -0.507 e. The smallest absolute Gasteiger partial charge is 0.305 e. The van der Waals surface area contributed by atoms with Gasteiger partial charge in [0.15, 0.2) is 18.7 Å². The van der Waals surface area contributed by atoms with Crippen LogP contribution in [-0.4, -0.2) is 285 Å². The predicted octanol–water partition coefficient (Wildman–Crippen LogP) is -0.676. The average Bonchev–Trinajstić information content (AvgIpc) is 1.39. The fraction of sp³-hybridized carbons (Fsp3) is 0.463. The molecule has 8 aromatic rings. The zero-order valence-corrected chi connectivity index (χ0v) is 77.9. The van der Waals surface area contributed by atoms with Crippen molar-refractivity contribution in [2.45, 2.75) is 240 Å². The minimum absolute atomic E-state index is 0.0195. The number of nitrogens with two attached hydrogens (primary N) is 2. The molecule has 7 heterocycles. The number of H-pyrrole nitrogens is 4. The number of hydrogen-bond donors (Lipinski definition) is 22. The van der Waals surface area contributed by atoms with Crippen LogP contribution in [0.25, 0.3) is 21.8 Å². The molecule has 46 heteroatoms. The number of phenols is 2. The van der Waals surface area contributed by atoms with E-state index < -0.39 is 235 Å². The molecule has 752 valence electrons. The number of primary amides is 1. The molecule has 13 amide bonds. The number of likely N-dealkylation sites (tertiary alicyclic amines) is 1. The fourth-order valence-electron chi connectivity index (χ4n) is 18.2. The molecule has 0 unspecified atom stereocenters. The Balaban J connectivity index is 0.720. The van der Waals surface area contributed by atoms with Gasteiger partial charge in [-0.3, -0.25) is 76.7 Å². The zero-order valence-electron chi connectivity index (χ0n) is 77.9. The number of oxime groups is 1. The maximum absolute atomic E-state index is 15.5. The molecule has 15 atom stereocenters. The number of phenolic OH excluding ortho intramolecular Hbond substituents is 2. The lowest BCUT2D eigenvalue weighted by atomic mass is 9.72. The summed E-state index contributed by atoms with van der Waals surface area (Å²) in [5.41, 5.74) is 10.4. The van der Waals surface area contributed by atoms with Crippen LogP contribution >= 0.6 is 0 Å². The second-order valence-corrected chi connectivity index (χ2v) is 35.7. The number of hydrogen-bond acceptors (Lipinski definition) is 28. The Kier molecular flexibility index (Phi) is 34.5. The molecule has 3 saturated heterocycles. The van der Waals surface area contributed by atoms with Crippen molar-refractivity contribution in [3.8, 4) is 17.2 Å². The Labute approximate surface area is 806 Å². The van der Waals surface area contributed by atoms with Gasteiger partial charge in [0.2, 0.25) is 76.7 Å². The fourth-order valence-corrected chi connectivity index (χ4v) is 18.2. The summed E-state index contributed by atoms with van der Waals surface area (Å²) in [6.07, 6.45) is 1.97. The van der Waals surface area contributed by atoms with Crippen LogP contribution in [0.2, 0.25) is 0 Å². The van der Waals surface area contributed by atoms with Gasteiger partial charge in [0.25, 0.3) is 5.91 Å². The van der Waals surface area contributed by atoms with Gasteiger partial charge < -0.3 is 139 Å². The molecule has 141 heavy (non-hydrogen) atoms. The van der Waals surface area contributed by atoms with E-state index in [-0.39, 0.29) is 167 Å². The molecule has 3 fully saturated rings. The number of aromatic nitrogens is 6. The number of carbonyl (C=O) groups is 16. The van der Waals surface area contributed by atoms with Crippen LogP contribution in [0.3, 0.4) is 0 Å². The zero-order chi connectivity index (χ0) is 101. The first-order chi connectivity index (χ1) is 67.6. The number of methoxy groups -OCH3 is 1. The lowest BCUT2D eigenvalue weighted by Crippen LogP contribution is -2.61. The number of imidazole rings is 2. The molecule has 5 aliphatic rings. The number of aromatic hydroxyl groups is 2. The molecular weight excluding hydrogens is 1840 g/mol. The number of nitrogens with one attached hydrogen (secondary N) is 15. The quantitative estimate of drug-likeness (QED) is 0.00973. The molecule has 4 aromatic heterocycles. The highest BCUT2D eigenvalue weighted by atomic mass is 16.7. The van der Waals surface area contributed by atoms with Crippen molar-refractivity contribution in [2.24, 2.45) is 16.6 Å². The van der Waals surface area contributed by atoms with Crippen molar-refractivity contribution < 1.29 is 121 Å². The molecule has 0 bridgehead atoms. The van der Waals surface area contributed by atoms with E-state index in [1.165, 1.54) is 62.2 Å². The van der Waals surface area contributed by atoms with E-state index >= 15 is 28.8 Å². The summed E-state index contributed by atoms with van der Waals surface area (Å²) >= 11 is 0. The first kappa shape index (κ1) is 103. The van der Waals surface area contributed by atoms with Crippen LogP contribution in [0.15, 0.2) is 109 Å². The summed E-state index contributed by atoms with van der Waals surface area (Å²) in [5, 5.41) is 92.7. The van der Waals surface area contributed by atoms with Crippen LogP contribution < -0.4 is 74.7 Å². The second kappa shape index (κ2) is 47.1.